The zero-order chi connectivity index (χ0) is 15.4. The van der Waals surface area contributed by atoms with Crippen molar-refractivity contribution in [1.29, 1.82) is 0 Å². The molecule has 21 heavy (non-hydrogen) atoms. The highest BCUT2D eigenvalue weighted by Crippen LogP contribution is 2.25. The van der Waals surface area contributed by atoms with E-state index in [-0.39, 0.29) is 11.9 Å². The third-order valence-electron chi connectivity index (χ3n) is 3.70. The van der Waals surface area contributed by atoms with Gasteiger partial charge in [0.15, 0.2) is 0 Å². The number of halogens is 1. The number of anilines is 1. The van der Waals surface area contributed by atoms with Crippen LogP contribution in [0.1, 0.15) is 24.3 Å². The molecule has 0 saturated heterocycles. The average molecular weight is 306 g/mol. The molecule has 0 aliphatic rings. The predicted molar refractivity (Wildman–Crippen MR) is 89.6 cm³/mol. The minimum Gasteiger partial charge on any atom is -0.371 e. The largest absolute Gasteiger partial charge is 0.371 e. The molecule has 0 spiro atoms. The maximum atomic E-state index is 13.5. The van der Waals surface area contributed by atoms with Gasteiger partial charge in [-0.3, -0.25) is 0 Å². The zero-order valence-corrected chi connectivity index (χ0v) is 13.7. The van der Waals surface area contributed by atoms with E-state index in [4.69, 9.17) is 5.73 Å². The Kier molecular flexibility index (Phi) is 5.37. The van der Waals surface area contributed by atoms with Crippen molar-refractivity contribution in [3.63, 3.8) is 0 Å². The number of nitrogens with two attached hydrogens (primary N) is 1. The summed E-state index contributed by atoms with van der Waals surface area (Å²) in [6.45, 7) is 4.14. The lowest BCUT2D eigenvalue weighted by Crippen LogP contribution is -2.32. The van der Waals surface area contributed by atoms with E-state index < -0.39 is 0 Å². The van der Waals surface area contributed by atoms with Crippen LogP contribution in [0.5, 0.6) is 0 Å². The van der Waals surface area contributed by atoms with Gasteiger partial charge in [0, 0.05) is 36.1 Å². The van der Waals surface area contributed by atoms with Crippen LogP contribution in [0.15, 0.2) is 35.7 Å². The van der Waals surface area contributed by atoms with E-state index in [0.29, 0.717) is 12.5 Å². The van der Waals surface area contributed by atoms with Gasteiger partial charge in [0.25, 0.3) is 0 Å². The van der Waals surface area contributed by atoms with Crippen LogP contribution in [0, 0.1) is 5.82 Å². The quantitative estimate of drug-likeness (QED) is 0.878. The number of nitrogens with zero attached hydrogens (tertiary/aromatic N) is 1. The summed E-state index contributed by atoms with van der Waals surface area (Å²) in [6.07, 6.45) is 1.67. The first-order valence-electron chi connectivity index (χ1n) is 7.26. The molecule has 2 atom stereocenters. The Labute approximate surface area is 130 Å². The summed E-state index contributed by atoms with van der Waals surface area (Å²) >= 11 is 1.77. The summed E-state index contributed by atoms with van der Waals surface area (Å²) in [5, 5.41) is 2.10. The Morgan fingerprint density at radius 3 is 2.62 bits per heavy atom. The van der Waals surface area contributed by atoms with Crippen molar-refractivity contribution >= 4 is 17.0 Å². The molecule has 2 N–H and O–H groups in total. The van der Waals surface area contributed by atoms with Crippen molar-refractivity contribution in [3.8, 4) is 0 Å². The molecule has 4 heteroatoms. The minimum atomic E-state index is -0.200. The first-order chi connectivity index (χ1) is 9.97. The van der Waals surface area contributed by atoms with Gasteiger partial charge < -0.3 is 10.6 Å². The number of benzene rings is 1. The van der Waals surface area contributed by atoms with E-state index in [1.165, 1.54) is 10.9 Å². The van der Waals surface area contributed by atoms with Crippen LogP contribution < -0.4 is 10.6 Å². The number of hydrogen-bond donors (Lipinski definition) is 1. The molecule has 2 unspecified atom stereocenters. The van der Waals surface area contributed by atoms with Crippen molar-refractivity contribution in [3.05, 3.63) is 52.0 Å². The SMILES string of the molecule is CC(N)Cc1cc(F)ccc1N(C)C(C)Cc1cccs1. The third-order valence-corrected chi connectivity index (χ3v) is 4.60. The van der Waals surface area contributed by atoms with Crippen LogP contribution in [-0.4, -0.2) is 19.1 Å². The second-order valence-electron chi connectivity index (χ2n) is 5.70. The topological polar surface area (TPSA) is 29.3 Å². The van der Waals surface area contributed by atoms with Crippen LogP contribution in [0.25, 0.3) is 0 Å². The van der Waals surface area contributed by atoms with Gasteiger partial charge in [0.1, 0.15) is 5.82 Å². The molecule has 0 aliphatic carbocycles. The normalized spacial score (nSPS) is 14.0. The molecule has 2 nitrogen and oxygen atoms in total. The van der Waals surface area contributed by atoms with Crippen molar-refractivity contribution in [2.45, 2.75) is 38.8 Å². The predicted octanol–water partition coefficient (Wildman–Crippen LogP) is 3.84. The second kappa shape index (κ2) is 7.05. The summed E-state index contributed by atoms with van der Waals surface area (Å²) in [6, 6.07) is 9.58. The molecular weight excluding hydrogens is 283 g/mol. The Morgan fingerprint density at radius 2 is 2.00 bits per heavy atom. The number of hydrogen-bond acceptors (Lipinski definition) is 3. The lowest BCUT2D eigenvalue weighted by Gasteiger charge is -2.29. The van der Waals surface area contributed by atoms with Gasteiger partial charge in [-0.1, -0.05) is 6.07 Å². The minimum absolute atomic E-state index is 0.0200. The fraction of sp³-hybridized carbons (Fsp3) is 0.412. The first-order valence-corrected chi connectivity index (χ1v) is 8.14. The van der Waals surface area contributed by atoms with Crippen LogP contribution in [-0.2, 0) is 12.8 Å². The number of likely N-dealkylation sites (N-methyl/N-ethyl adjacent to an activating group) is 1. The molecule has 0 saturated carbocycles. The maximum Gasteiger partial charge on any atom is 0.123 e. The smallest absolute Gasteiger partial charge is 0.123 e. The van der Waals surface area contributed by atoms with Crippen LogP contribution in [0.4, 0.5) is 10.1 Å². The second-order valence-corrected chi connectivity index (χ2v) is 6.73. The van der Waals surface area contributed by atoms with Gasteiger partial charge in [-0.15, -0.1) is 11.3 Å². The third kappa shape index (κ3) is 4.29. The van der Waals surface area contributed by atoms with Gasteiger partial charge >= 0.3 is 0 Å². The zero-order valence-electron chi connectivity index (χ0n) is 12.8. The Hall–Kier alpha value is -1.39. The molecule has 0 aliphatic heterocycles. The van der Waals surface area contributed by atoms with Crippen LogP contribution in [0.3, 0.4) is 0 Å². The van der Waals surface area contributed by atoms with E-state index in [1.54, 1.807) is 17.4 Å². The summed E-state index contributed by atoms with van der Waals surface area (Å²) < 4.78 is 13.5. The van der Waals surface area contributed by atoms with Gasteiger partial charge in [-0.05, 0) is 55.5 Å². The first kappa shape index (κ1) is 16.0. The van der Waals surface area contributed by atoms with E-state index in [2.05, 4.69) is 36.4 Å². The van der Waals surface area contributed by atoms with Gasteiger partial charge in [-0.25, -0.2) is 4.39 Å². The number of rotatable bonds is 6. The molecule has 1 aromatic carbocycles. The molecule has 2 rings (SSSR count). The maximum absolute atomic E-state index is 13.5. The number of thiophene rings is 1. The molecule has 2 aromatic rings. The summed E-state index contributed by atoms with van der Waals surface area (Å²) in [4.78, 5) is 3.59. The fourth-order valence-corrected chi connectivity index (χ4v) is 3.33. The van der Waals surface area contributed by atoms with Gasteiger partial charge in [-0.2, -0.15) is 0 Å². The van der Waals surface area contributed by atoms with Crippen molar-refractivity contribution in [2.24, 2.45) is 5.73 Å². The molecular formula is C17H23FN2S. The molecule has 1 heterocycles. The summed E-state index contributed by atoms with van der Waals surface area (Å²) in [7, 11) is 2.07. The lowest BCUT2D eigenvalue weighted by atomic mass is 10.0. The highest BCUT2D eigenvalue weighted by atomic mass is 32.1. The van der Waals surface area contributed by atoms with E-state index in [0.717, 1.165) is 17.7 Å². The van der Waals surface area contributed by atoms with Crippen molar-refractivity contribution < 1.29 is 4.39 Å². The average Bonchev–Trinajstić information content (AvgIpc) is 2.90. The van der Waals surface area contributed by atoms with Gasteiger partial charge in [0.2, 0.25) is 0 Å². The standard InChI is InChI=1S/C17H23FN2S/c1-12(19)9-14-11-15(18)6-7-17(14)20(3)13(2)10-16-5-4-8-21-16/h4-8,11-13H,9-10,19H2,1-3H3. The molecule has 0 radical (unpaired) electrons. The Bertz CT molecular complexity index is 566. The highest BCUT2D eigenvalue weighted by molar-refractivity contribution is 7.09. The molecule has 1 aromatic heterocycles. The Balaban J connectivity index is 2.19. The van der Waals surface area contributed by atoms with E-state index >= 15 is 0 Å². The van der Waals surface area contributed by atoms with Crippen molar-refractivity contribution in [2.75, 3.05) is 11.9 Å². The summed E-state index contributed by atoms with van der Waals surface area (Å²) in [5.41, 5.74) is 7.93. The molecule has 0 amide bonds. The molecule has 0 fully saturated rings. The van der Waals surface area contributed by atoms with Crippen LogP contribution in [0.2, 0.25) is 0 Å². The highest BCUT2D eigenvalue weighted by Gasteiger charge is 2.16. The Morgan fingerprint density at radius 1 is 1.24 bits per heavy atom. The fourth-order valence-electron chi connectivity index (χ4n) is 2.50. The monoisotopic (exact) mass is 306 g/mol. The summed E-state index contributed by atoms with van der Waals surface area (Å²) in [5.74, 6) is -0.200. The molecule has 0 bridgehead atoms. The lowest BCUT2D eigenvalue weighted by molar-refractivity contribution is 0.619. The van der Waals surface area contributed by atoms with Crippen molar-refractivity contribution in [1.82, 2.24) is 0 Å². The molecule has 114 valence electrons. The van der Waals surface area contributed by atoms with Gasteiger partial charge in [0.05, 0.1) is 0 Å². The van der Waals surface area contributed by atoms with Crippen LogP contribution >= 0.6 is 11.3 Å². The van der Waals surface area contributed by atoms with E-state index in [1.807, 2.05) is 13.0 Å². The van der Waals surface area contributed by atoms with E-state index in [9.17, 15) is 4.39 Å².